The van der Waals surface area contributed by atoms with Crippen LogP contribution < -0.4 is 5.32 Å². The molecule has 1 saturated heterocycles. The average Bonchev–Trinajstić information content (AvgIpc) is 2.97. The van der Waals surface area contributed by atoms with E-state index in [0.29, 0.717) is 42.7 Å². The number of nitrogens with zero attached hydrogens (tertiary/aromatic N) is 2. The SMILES string of the molecule is CCOC(=O)c1ccsc1NC(=O)CN1CCCN(C(=O)OCC(C)C)CC1. The second kappa shape index (κ2) is 11.0. The second-order valence-electron chi connectivity index (χ2n) is 7.02. The Balaban J connectivity index is 1.83. The first kappa shape index (κ1) is 22.2. The molecule has 9 heteroatoms. The fourth-order valence-electron chi connectivity index (χ4n) is 2.79. The van der Waals surface area contributed by atoms with Gasteiger partial charge in [0.05, 0.1) is 25.3 Å². The zero-order valence-electron chi connectivity index (χ0n) is 16.7. The largest absolute Gasteiger partial charge is 0.462 e. The summed E-state index contributed by atoms with van der Waals surface area (Å²) in [6, 6.07) is 1.64. The molecule has 2 amide bonds. The van der Waals surface area contributed by atoms with Crippen molar-refractivity contribution in [3.63, 3.8) is 0 Å². The molecule has 1 fully saturated rings. The number of nitrogens with one attached hydrogen (secondary N) is 1. The molecule has 0 aliphatic carbocycles. The van der Waals surface area contributed by atoms with Crippen LogP contribution in [0.3, 0.4) is 0 Å². The highest BCUT2D eigenvalue weighted by Crippen LogP contribution is 2.24. The van der Waals surface area contributed by atoms with Crippen molar-refractivity contribution in [3.05, 3.63) is 17.0 Å². The second-order valence-corrected chi connectivity index (χ2v) is 7.94. The summed E-state index contributed by atoms with van der Waals surface area (Å²) in [6.07, 6.45) is 0.481. The van der Waals surface area contributed by atoms with E-state index in [1.165, 1.54) is 11.3 Å². The number of anilines is 1. The normalized spacial score (nSPS) is 15.2. The van der Waals surface area contributed by atoms with E-state index in [1.54, 1.807) is 23.3 Å². The van der Waals surface area contributed by atoms with Crippen molar-refractivity contribution in [1.29, 1.82) is 0 Å². The summed E-state index contributed by atoms with van der Waals surface area (Å²) >= 11 is 1.29. The quantitative estimate of drug-likeness (QED) is 0.694. The van der Waals surface area contributed by atoms with Gasteiger partial charge in [-0.2, -0.15) is 0 Å². The summed E-state index contributed by atoms with van der Waals surface area (Å²) in [7, 11) is 0. The van der Waals surface area contributed by atoms with Crippen molar-refractivity contribution in [1.82, 2.24) is 9.80 Å². The molecule has 8 nitrogen and oxygen atoms in total. The van der Waals surface area contributed by atoms with Gasteiger partial charge in [0, 0.05) is 26.2 Å². The van der Waals surface area contributed by atoms with Gasteiger partial charge in [-0.1, -0.05) is 13.8 Å². The number of amides is 2. The van der Waals surface area contributed by atoms with Crippen molar-refractivity contribution in [2.45, 2.75) is 27.2 Å². The van der Waals surface area contributed by atoms with Crippen molar-refractivity contribution in [2.24, 2.45) is 5.92 Å². The highest BCUT2D eigenvalue weighted by molar-refractivity contribution is 7.14. The van der Waals surface area contributed by atoms with Gasteiger partial charge in [-0.05, 0) is 30.7 Å². The topological polar surface area (TPSA) is 88.2 Å². The number of carbonyl (C=O) groups is 3. The minimum absolute atomic E-state index is 0.191. The minimum atomic E-state index is -0.440. The Morgan fingerprint density at radius 2 is 1.96 bits per heavy atom. The molecule has 156 valence electrons. The Labute approximate surface area is 169 Å². The van der Waals surface area contributed by atoms with Crippen molar-refractivity contribution < 1.29 is 23.9 Å². The van der Waals surface area contributed by atoms with Gasteiger partial charge in [0.1, 0.15) is 5.00 Å². The highest BCUT2D eigenvalue weighted by Gasteiger charge is 2.22. The lowest BCUT2D eigenvalue weighted by Gasteiger charge is -2.21. The van der Waals surface area contributed by atoms with Crippen LogP contribution in [0.15, 0.2) is 11.4 Å². The maximum atomic E-state index is 12.4. The number of rotatable bonds is 7. The predicted octanol–water partition coefficient (Wildman–Crippen LogP) is 2.66. The Morgan fingerprint density at radius 3 is 2.68 bits per heavy atom. The smallest absolute Gasteiger partial charge is 0.409 e. The van der Waals surface area contributed by atoms with Crippen LogP contribution in [0.1, 0.15) is 37.6 Å². The molecule has 0 bridgehead atoms. The molecule has 0 atom stereocenters. The van der Waals surface area contributed by atoms with E-state index in [9.17, 15) is 14.4 Å². The maximum absolute atomic E-state index is 12.4. The highest BCUT2D eigenvalue weighted by atomic mass is 32.1. The van der Waals surface area contributed by atoms with Gasteiger partial charge in [0.25, 0.3) is 0 Å². The molecule has 1 aliphatic rings. The molecule has 2 heterocycles. The van der Waals surface area contributed by atoms with Crippen LogP contribution >= 0.6 is 11.3 Å². The average molecular weight is 412 g/mol. The third-order valence-electron chi connectivity index (χ3n) is 4.17. The van der Waals surface area contributed by atoms with E-state index in [2.05, 4.69) is 5.32 Å². The van der Waals surface area contributed by atoms with Gasteiger partial charge < -0.3 is 19.7 Å². The standard InChI is InChI=1S/C19H29N3O5S/c1-4-26-18(24)15-6-11-28-17(15)20-16(23)12-21-7-5-8-22(10-9-21)19(25)27-13-14(2)3/h6,11,14H,4-5,7-10,12-13H2,1-3H3,(H,20,23). The molecule has 2 rings (SSSR count). The van der Waals surface area contributed by atoms with E-state index in [0.717, 1.165) is 13.0 Å². The van der Waals surface area contributed by atoms with Gasteiger partial charge >= 0.3 is 12.1 Å². The lowest BCUT2D eigenvalue weighted by atomic mass is 10.2. The first-order valence-corrected chi connectivity index (χ1v) is 10.5. The summed E-state index contributed by atoms with van der Waals surface area (Å²) in [5.41, 5.74) is 0.370. The Bertz CT molecular complexity index is 676. The number of esters is 1. The third kappa shape index (κ3) is 6.79. The first-order chi connectivity index (χ1) is 13.4. The van der Waals surface area contributed by atoms with Gasteiger partial charge in [-0.3, -0.25) is 9.69 Å². The molecule has 0 saturated carbocycles. The third-order valence-corrected chi connectivity index (χ3v) is 5.00. The Hall–Kier alpha value is -2.13. The van der Waals surface area contributed by atoms with E-state index in [-0.39, 0.29) is 25.2 Å². The summed E-state index contributed by atoms with van der Waals surface area (Å²) in [4.78, 5) is 40.1. The summed E-state index contributed by atoms with van der Waals surface area (Å²) in [5.74, 6) is -0.332. The fraction of sp³-hybridized carbons (Fsp3) is 0.632. The molecular weight excluding hydrogens is 382 g/mol. The summed E-state index contributed by atoms with van der Waals surface area (Å²) < 4.78 is 10.3. The molecule has 28 heavy (non-hydrogen) atoms. The van der Waals surface area contributed by atoms with E-state index >= 15 is 0 Å². The maximum Gasteiger partial charge on any atom is 0.409 e. The summed E-state index contributed by atoms with van der Waals surface area (Å²) in [5, 5.41) is 5.04. The molecule has 0 aromatic carbocycles. The Morgan fingerprint density at radius 1 is 1.18 bits per heavy atom. The summed E-state index contributed by atoms with van der Waals surface area (Å²) in [6.45, 7) is 9.09. The van der Waals surface area contributed by atoms with E-state index in [1.807, 2.05) is 18.7 Å². The molecule has 0 spiro atoms. The van der Waals surface area contributed by atoms with Crippen LogP contribution in [0, 0.1) is 5.92 Å². The number of carbonyl (C=O) groups excluding carboxylic acids is 3. The van der Waals surface area contributed by atoms with Gasteiger partial charge in [-0.15, -0.1) is 11.3 Å². The van der Waals surface area contributed by atoms with E-state index < -0.39 is 5.97 Å². The molecular formula is C19H29N3O5S. The van der Waals surface area contributed by atoms with Crippen molar-refractivity contribution in [2.75, 3.05) is 51.3 Å². The monoisotopic (exact) mass is 411 g/mol. The zero-order valence-corrected chi connectivity index (χ0v) is 17.5. The Kier molecular flexibility index (Phi) is 8.72. The van der Waals surface area contributed by atoms with E-state index in [4.69, 9.17) is 9.47 Å². The van der Waals surface area contributed by atoms with Gasteiger partial charge in [-0.25, -0.2) is 9.59 Å². The van der Waals surface area contributed by atoms with Crippen LogP contribution in [0.25, 0.3) is 0 Å². The fourth-order valence-corrected chi connectivity index (χ4v) is 3.58. The molecule has 1 aromatic rings. The van der Waals surface area contributed by atoms with Crippen LogP contribution in [0.4, 0.5) is 9.80 Å². The lowest BCUT2D eigenvalue weighted by Crippen LogP contribution is -2.38. The molecule has 0 radical (unpaired) electrons. The first-order valence-electron chi connectivity index (χ1n) is 9.59. The van der Waals surface area contributed by atoms with Crippen molar-refractivity contribution in [3.8, 4) is 0 Å². The van der Waals surface area contributed by atoms with Gasteiger partial charge in [0.15, 0.2) is 0 Å². The van der Waals surface area contributed by atoms with Crippen molar-refractivity contribution >= 4 is 34.3 Å². The van der Waals surface area contributed by atoms with Crippen LogP contribution in [-0.2, 0) is 14.3 Å². The lowest BCUT2D eigenvalue weighted by molar-refractivity contribution is -0.117. The molecule has 1 aromatic heterocycles. The zero-order chi connectivity index (χ0) is 20.5. The van der Waals surface area contributed by atoms with Crippen LogP contribution in [0.5, 0.6) is 0 Å². The molecule has 1 N–H and O–H groups in total. The minimum Gasteiger partial charge on any atom is -0.462 e. The van der Waals surface area contributed by atoms with Crippen LogP contribution in [0.2, 0.25) is 0 Å². The predicted molar refractivity (Wildman–Crippen MR) is 108 cm³/mol. The number of ether oxygens (including phenoxy) is 2. The van der Waals surface area contributed by atoms with Crippen LogP contribution in [-0.4, -0.2) is 73.7 Å². The molecule has 0 unspecified atom stereocenters. The van der Waals surface area contributed by atoms with Gasteiger partial charge in [0.2, 0.25) is 5.91 Å². The number of hydrogen-bond donors (Lipinski definition) is 1. The number of thiophene rings is 1. The molecule has 1 aliphatic heterocycles. The number of hydrogen-bond acceptors (Lipinski definition) is 7.